The molecule has 1 spiro atoms. The van der Waals surface area contributed by atoms with Gasteiger partial charge in [-0.25, -0.2) is 0 Å². The minimum absolute atomic E-state index is 0.443. The molecule has 0 unspecified atom stereocenters. The molecule has 1 aromatic heterocycles. The van der Waals surface area contributed by atoms with E-state index < -0.39 is 5.41 Å². The Hall–Kier alpha value is -8.78. The van der Waals surface area contributed by atoms with E-state index in [9.17, 15) is 0 Å². The van der Waals surface area contributed by atoms with Crippen molar-refractivity contribution in [2.45, 2.75) is 5.41 Å². The molecule has 0 amide bonds. The Bertz CT molecular complexity index is 3850. The fourth-order valence-corrected chi connectivity index (χ4v) is 12.0. The highest BCUT2D eigenvalue weighted by molar-refractivity contribution is 6.20. The van der Waals surface area contributed by atoms with Crippen molar-refractivity contribution < 1.29 is 0 Å². The zero-order valence-corrected chi connectivity index (χ0v) is 37.3. The van der Waals surface area contributed by atoms with Crippen LogP contribution in [0, 0.1) is 0 Å². The third kappa shape index (κ3) is 5.57. The first-order valence-corrected chi connectivity index (χ1v) is 23.7. The van der Waals surface area contributed by atoms with Crippen LogP contribution in [-0.4, -0.2) is 4.57 Å². The molecule has 0 bridgehead atoms. The summed E-state index contributed by atoms with van der Waals surface area (Å²) in [6.45, 7) is 0. The van der Waals surface area contributed by atoms with Crippen molar-refractivity contribution in [3.63, 3.8) is 0 Å². The maximum atomic E-state index is 2.51. The summed E-state index contributed by atoms with van der Waals surface area (Å²) in [5.41, 5.74) is 20.8. The van der Waals surface area contributed by atoms with Gasteiger partial charge in [0.2, 0.25) is 0 Å². The molecule has 68 heavy (non-hydrogen) atoms. The Labute approximate surface area is 395 Å². The first kappa shape index (κ1) is 38.5. The third-order valence-corrected chi connectivity index (χ3v) is 14.9. The quantitative estimate of drug-likeness (QED) is 0.166. The van der Waals surface area contributed by atoms with Crippen LogP contribution in [0.15, 0.2) is 261 Å². The van der Waals surface area contributed by atoms with Gasteiger partial charge in [-0.3, -0.25) is 0 Å². The number of hydrogen-bond donors (Lipinski definition) is 0. The molecule has 11 aromatic carbocycles. The van der Waals surface area contributed by atoms with Crippen molar-refractivity contribution in [1.82, 2.24) is 4.57 Å². The zero-order valence-electron chi connectivity index (χ0n) is 37.3. The lowest BCUT2D eigenvalue weighted by molar-refractivity contribution is 0.796. The first-order valence-electron chi connectivity index (χ1n) is 23.7. The van der Waals surface area contributed by atoms with E-state index in [0.29, 0.717) is 0 Å². The summed E-state index contributed by atoms with van der Waals surface area (Å²) in [5, 5.41) is 7.19. The normalized spacial score (nSPS) is 12.8. The summed E-state index contributed by atoms with van der Waals surface area (Å²) >= 11 is 0. The van der Waals surface area contributed by atoms with Gasteiger partial charge in [0.05, 0.1) is 16.4 Å². The molecule has 0 N–H and O–H groups in total. The third-order valence-electron chi connectivity index (χ3n) is 14.9. The minimum atomic E-state index is -0.443. The van der Waals surface area contributed by atoms with Crippen molar-refractivity contribution in [2.24, 2.45) is 0 Å². The highest BCUT2D eigenvalue weighted by Gasteiger charge is 2.52. The average molecular weight is 862 g/mol. The Morgan fingerprint density at radius 3 is 1.09 bits per heavy atom. The van der Waals surface area contributed by atoms with Gasteiger partial charge in [0.1, 0.15) is 0 Å². The number of aromatic nitrogens is 1. The van der Waals surface area contributed by atoms with Gasteiger partial charge < -0.3 is 4.57 Å². The van der Waals surface area contributed by atoms with E-state index in [1.807, 2.05) is 0 Å². The molecular formula is C67H43N. The van der Waals surface area contributed by atoms with Gasteiger partial charge in [0.25, 0.3) is 0 Å². The van der Waals surface area contributed by atoms with Gasteiger partial charge in [0, 0.05) is 16.5 Å². The molecule has 0 fully saturated rings. The topological polar surface area (TPSA) is 4.93 Å². The molecule has 0 saturated heterocycles. The molecular weight excluding hydrogens is 819 g/mol. The lowest BCUT2D eigenvalue weighted by Gasteiger charge is -2.32. The summed E-state index contributed by atoms with van der Waals surface area (Å²) in [4.78, 5) is 0. The molecule has 0 saturated carbocycles. The minimum Gasteiger partial charge on any atom is -0.309 e. The fraction of sp³-hybridized carbons (Fsp3) is 0.0149. The standard InChI is InChI=1S/C67H43N/c1-3-18-44(19-4-1)47-36-40-64-59(42-47)53-24-9-7-22-51(53)52-23-8-10-25-54(52)60-43-48(45-20-5-2-6-21-45)37-41-65(60)68(64)49-38-34-46(35-39-49)50-29-17-30-58-57-28-13-16-33-63(57)67(66(50)58)61-31-14-11-26-55(61)56-27-12-15-32-62(56)67/h1-43H. The molecule has 12 aromatic rings. The summed E-state index contributed by atoms with van der Waals surface area (Å²) in [5.74, 6) is 0. The second kappa shape index (κ2) is 15.1. The van der Waals surface area contributed by atoms with E-state index in [0.717, 1.165) is 16.7 Å². The van der Waals surface area contributed by atoms with Crippen LogP contribution in [0.4, 0.5) is 0 Å². The van der Waals surface area contributed by atoms with Gasteiger partial charge in [0.15, 0.2) is 0 Å². The molecule has 2 aliphatic rings. The van der Waals surface area contributed by atoms with E-state index in [-0.39, 0.29) is 0 Å². The predicted octanol–water partition coefficient (Wildman–Crippen LogP) is 17.6. The number of fused-ring (bicyclic) bond motifs is 17. The number of benzene rings is 11. The lowest BCUT2D eigenvalue weighted by Crippen LogP contribution is -2.26. The molecule has 1 nitrogen and oxygen atoms in total. The lowest BCUT2D eigenvalue weighted by atomic mass is 9.68. The molecule has 2 aliphatic carbocycles. The molecule has 0 aliphatic heterocycles. The molecule has 0 radical (unpaired) electrons. The Balaban J connectivity index is 1.07. The molecule has 14 rings (SSSR count). The summed E-state index contributed by atoms with van der Waals surface area (Å²) in [6, 6.07) is 97.1. The monoisotopic (exact) mass is 861 g/mol. The summed E-state index contributed by atoms with van der Waals surface area (Å²) in [7, 11) is 0. The number of rotatable bonds is 4. The van der Waals surface area contributed by atoms with E-state index in [1.165, 1.54) is 110 Å². The van der Waals surface area contributed by atoms with Crippen LogP contribution in [0.2, 0.25) is 0 Å². The number of hydrogen-bond acceptors (Lipinski definition) is 0. The van der Waals surface area contributed by atoms with Crippen LogP contribution in [0.5, 0.6) is 0 Å². The maximum absolute atomic E-state index is 2.51. The van der Waals surface area contributed by atoms with Crippen LogP contribution in [0.25, 0.3) is 105 Å². The second-order valence-corrected chi connectivity index (χ2v) is 18.3. The van der Waals surface area contributed by atoms with Gasteiger partial charge in [-0.1, -0.05) is 224 Å². The molecule has 316 valence electrons. The molecule has 1 heterocycles. The SMILES string of the molecule is c1ccc(-c2ccc3c(c2)c2ccccc2c2ccccc2c2cc(-c4ccccc4)ccc2n3-c2ccc(-c3cccc4c3C3(c5ccccc5-c5ccccc53)c3ccccc3-4)cc2)cc1. The fourth-order valence-electron chi connectivity index (χ4n) is 12.0. The van der Waals surface area contributed by atoms with Crippen molar-refractivity contribution in [1.29, 1.82) is 0 Å². The van der Waals surface area contributed by atoms with Crippen LogP contribution >= 0.6 is 0 Å². The van der Waals surface area contributed by atoms with Crippen molar-refractivity contribution in [3.8, 4) is 61.3 Å². The zero-order chi connectivity index (χ0) is 44.8. The average Bonchev–Trinajstić information content (AvgIpc) is 3.90. The highest BCUT2D eigenvalue weighted by atomic mass is 15.0. The van der Waals surface area contributed by atoms with Crippen LogP contribution in [0.1, 0.15) is 22.3 Å². The Morgan fingerprint density at radius 1 is 0.235 bits per heavy atom. The van der Waals surface area contributed by atoms with Crippen LogP contribution < -0.4 is 0 Å². The van der Waals surface area contributed by atoms with Gasteiger partial charge in [-0.2, -0.15) is 0 Å². The smallest absolute Gasteiger partial charge is 0.0731 e. The largest absolute Gasteiger partial charge is 0.309 e. The van der Waals surface area contributed by atoms with Crippen molar-refractivity contribution >= 4 is 43.4 Å². The van der Waals surface area contributed by atoms with Crippen LogP contribution in [0.3, 0.4) is 0 Å². The summed E-state index contributed by atoms with van der Waals surface area (Å²) in [6.07, 6.45) is 0. The van der Waals surface area contributed by atoms with E-state index >= 15 is 0 Å². The van der Waals surface area contributed by atoms with Gasteiger partial charge >= 0.3 is 0 Å². The number of nitrogens with zero attached hydrogens (tertiary/aromatic N) is 1. The first-order chi connectivity index (χ1) is 33.8. The van der Waals surface area contributed by atoms with Gasteiger partial charge in [-0.05, 0) is 136 Å². The second-order valence-electron chi connectivity index (χ2n) is 18.3. The molecule has 1 heteroatoms. The van der Waals surface area contributed by atoms with Gasteiger partial charge in [-0.15, -0.1) is 0 Å². The Kier molecular flexibility index (Phi) is 8.57. The van der Waals surface area contributed by atoms with Crippen molar-refractivity contribution in [3.05, 3.63) is 283 Å². The van der Waals surface area contributed by atoms with E-state index in [4.69, 9.17) is 0 Å². The predicted molar refractivity (Wildman–Crippen MR) is 286 cm³/mol. The van der Waals surface area contributed by atoms with E-state index in [1.54, 1.807) is 0 Å². The summed E-state index contributed by atoms with van der Waals surface area (Å²) < 4.78 is 2.51. The van der Waals surface area contributed by atoms with Crippen LogP contribution in [-0.2, 0) is 5.41 Å². The maximum Gasteiger partial charge on any atom is 0.0731 e. The van der Waals surface area contributed by atoms with E-state index in [2.05, 4.69) is 265 Å². The highest BCUT2D eigenvalue weighted by Crippen LogP contribution is 2.64. The Morgan fingerprint density at radius 2 is 0.603 bits per heavy atom. The van der Waals surface area contributed by atoms with Crippen molar-refractivity contribution in [2.75, 3.05) is 0 Å². The molecule has 0 atom stereocenters.